The highest BCUT2D eigenvalue weighted by atomic mass is 16.6. The van der Waals surface area contributed by atoms with Crippen molar-refractivity contribution in [2.45, 2.75) is 32.3 Å². The van der Waals surface area contributed by atoms with Crippen molar-refractivity contribution < 1.29 is 19.1 Å². The van der Waals surface area contributed by atoms with Crippen LogP contribution in [0, 0.1) is 0 Å². The van der Waals surface area contributed by atoms with Crippen molar-refractivity contribution >= 4 is 17.5 Å². The molecule has 0 radical (unpaired) electrons. The number of anilines is 1. The Morgan fingerprint density at radius 2 is 1.78 bits per heavy atom. The van der Waals surface area contributed by atoms with Crippen LogP contribution < -0.4 is 20.1 Å². The molecule has 27 heavy (non-hydrogen) atoms. The zero-order valence-electron chi connectivity index (χ0n) is 15.5. The molecule has 0 saturated heterocycles. The second-order valence-electron chi connectivity index (χ2n) is 6.56. The summed E-state index contributed by atoms with van der Waals surface area (Å²) in [5, 5.41) is 5.32. The first-order chi connectivity index (χ1) is 13.1. The molecule has 0 saturated carbocycles. The average molecular weight is 368 g/mol. The van der Waals surface area contributed by atoms with Gasteiger partial charge in [0.2, 0.25) is 0 Å². The Morgan fingerprint density at radius 3 is 2.56 bits per heavy atom. The van der Waals surface area contributed by atoms with E-state index in [1.54, 1.807) is 0 Å². The van der Waals surface area contributed by atoms with Crippen molar-refractivity contribution in [3.63, 3.8) is 0 Å². The van der Waals surface area contributed by atoms with E-state index in [0.29, 0.717) is 23.8 Å². The van der Waals surface area contributed by atoms with Gasteiger partial charge in [0.1, 0.15) is 12.7 Å². The van der Waals surface area contributed by atoms with Crippen LogP contribution in [0.2, 0.25) is 0 Å². The van der Waals surface area contributed by atoms with Gasteiger partial charge in [0.25, 0.3) is 0 Å². The third-order valence-corrected chi connectivity index (χ3v) is 4.62. The Morgan fingerprint density at radius 1 is 1.07 bits per heavy atom. The zero-order valence-corrected chi connectivity index (χ0v) is 15.5. The highest BCUT2D eigenvalue weighted by Crippen LogP contribution is 2.30. The van der Waals surface area contributed by atoms with Gasteiger partial charge in [-0.15, -0.1) is 0 Å². The van der Waals surface area contributed by atoms with Crippen molar-refractivity contribution in [2.24, 2.45) is 0 Å². The molecule has 2 amide bonds. The zero-order chi connectivity index (χ0) is 19.2. The maximum atomic E-state index is 12.3. The van der Waals surface area contributed by atoms with Gasteiger partial charge in [0.15, 0.2) is 11.5 Å². The minimum absolute atomic E-state index is 0.188. The number of fused-ring (bicyclic) bond motifs is 1. The topological polar surface area (TPSA) is 76.7 Å². The van der Waals surface area contributed by atoms with Crippen molar-refractivity contribution in [3.05, 3.63) is 54.1 Å². The largest absolute Gasteiger partial charge is 0.486 e. The summed E-state index contributed by atoms with van der Waals surface area (Å²) in [7, 11) is 0. The van der Waals surface area contributed by atoms with Crippen LogP contribution in [0.3, 0.4) is 0 Å². The predicted molar refractivity (Wildman–Crippen MR) is 103 cm³/mol. The molecule has 142 valence electrons. The molecule has 2 aromatic carbocycles. The molecule has 0 bridgehead atoms. The van der Waals surface area contributed by atoms with Crippen molar-refractivity contribution in [1.82, 2.24) is 5.32 Å². The van der Waals surface area contributed by atoms with Gasteiger partial charge in [-0.25, -0.2) is 0 Å². The van der Waals surface area contributed by atoms with Crippen molar-refractivity contribution in [1.29, 1.82) is 0 Å². The van der Waals surface area contributed by atoms with E-state index in [-0.39, 0.29) is 18.6 Å². The SMILES string of the molecule is CCC(C)c1ccccc1NC(=O)C(=O)NCC1COc2ccccc2O1. The molecule has 3 rings (SSSR count). The fourth-order valence-electron chi connectivity index (χ4n) is 2.89. The number of para-hydroxylation sites is 3. The predicted octanol–water partition coefficient (Wildman–Crippen LogP) is 3.09. The van der Waals surface area contributed by atoms with Gasteiger partial charge in [0, 0.05) is 5.69 Å². The second kappa shape index (κ2) is 8.58. The molecule has 2 aromatic rings. The lowest BCUT2D eigenvalue weighted by molar-refractivity contribution is -0.136. The summed E-state index contributed by atoms with van der Waals surface area (Å²) in [6.45, 7) is 4.67. The average Bonchev–Trinajstić information content (AvgIpc) is 2.71. The van der Waals surface area contributed by atoms with Crippen LogP contribution in [0.4, 0.5) is 5.69 Å². The molecule has 0 fully saturated rings. The molecule has 0 spiro atoms. The van der Waals surface area contributed by atoms with Crippen LogP contribution in [-0.2, 0) is 9.59 Å². The summed E-state index contributed by atoms with van der Waals surface area (Å²) < 4.78 is 11.4. The summed E-state index contributed by atoms with van der Waals surface area (Å²) in [6, 6.07) is 14.9. The molecule has 0 aliphatic carbocycles. The molecule has 6 heteroatoms. The number of hydrogen-bond acceptors (Lipinski definition) is 4. The fraction of sp³-hybridized carbons (Fsp3) is 0.333. The van der Waals surface area contributed by atoms with Crippen molar-refractivity contribution in [3.8, 4) is 11.5 Å². The maximum Gasteiger partial charge on any atom is 0.313 e. The Balaban J connectivity index is 1.54. The third kappa shape index (κ3) is 4.58. The van der Waals surface area contributed by atoms with E-state index >= 15 is 0 Å². The molecule has 2 atom stereocenters. The number of hydrogen-bond donors (Lipinski definition) is 2. The number of amides is 2. The van der Waals surface area contributed by atoms with Gasteiger partial charge in [-0.2, -0.15) is 0 Å². The van der Waals surface area contributed by atoms with Crippen LogP contribution in [0.5, 0.6) is 11.5 Å². The van der Waals surface area contributed by atoms with Crippen LogP contribution in [0.1, 0.15) is 31.7 Å². The highest BCUT2D eigenvalue weighted by molar-refractivity contribution is 6.39. The monoisotopic (exact) mass is 368 g/mol. The Bertz CT molecular complexity index is 821. The van der Waals surface area contributed by atoms with Crippen LogP contribution >= 0.6 is 0 Å². The van der Waals surface area contributed by atoms with E-state index in [0.717, 1.165) is 12.0 Å². The number of nitrogens with one attached hydrogen (secondary N) is 2. The first-order valence-electron chi connectivity index (χ1n) is 9.15. The molecular formula is C21H24N2O4. The fourth-order valence-corrected chi connectivity index (χ4v) is 2.89. The third-order valence-electron chi connectivity index (χ3n) is 4.62. The summed E-state index contributed by atoms with van der Waals surface area (Å²) in [5.41, 5.74) is 1.68. The van der Waals surface area contributed by atoms with Crippen LogP contribution in [0.25, 0.3) is 0 Å². The van der Waals surface area contributed by atoms with Gasteiger partial charge < -0.3 is 20.1 Å². The van der Waals surface area contributed by atoms with E-state index in [1.807, 2.05) is 48.5 Å². The molecule has 2 N–H and O–H groups in total. The Hall–Kier alpha value is -3.02. The van der Waals surface area contributed by atoms with E-state index in [9.17, 15) is 9.59 Å². The van der Waals surface area contributed by atoms with E-state index < -0.39 is 11.8 Å². The number of benzene rings is 2. The first kappa shape index (κ1) is 18.8. The molecular weight excluding hydrogens is 344 g/mol. The van der Waals surface area contributed by atoms with Gasteiger partial charge in [-0.3, -0.25) is 9.59 Å². The molecule has 1 heterocycles. The van der Waals surface area contributed by atoms with E-state index in [4.69, 9.17) is 9.47 Å². The number of carbonyl (C=O) groups excluding carboxylic acids is 2. The summed E-state index contributed by atoms with van der Waals surface area (Å²) in [4.78, 5) is 24.4. The maximum absolute atomic E-state index is 12.3. The van der Waals surface area contributed by atoms with E-state index in [1.165, 1.54) is 0 Å². The number of carbonyl (C=O) groups is 2. The first-order valence-corrected chi connectivity index (χ1v) is 9.15. The van der Waals surface area contributed by atoms with Gasteiger partial charge >= 0.3 is 11.8 Å². The van der Waals surface area contributed by atoms with Gasteiger partial charge in [0.05, 0.1) is 6.54 Å². The molecule has 1 aliphatic heterocycles. The standard InChI is InChI=1S/C21H24N2O4/c1-3-14(2)16-8-4-5-9-17(16)23-21(25)20(24)22-12-15-13-26-18-10-6-7-11-19(18)27-15/h4-11,14-15H,3,12-13H2,1-2H3,(H,22,24)(H,23,25). The number of rotatable bonds is 5. The minimum atomic E-state index is -0.698. The smallest absolute Gasteiger partial charge is 0.313 e. The van der Waals surface area contributed by atoms with E-state index in [2.05, 4.69) is 24.5 Å². The molecule has 2 unspecified atom stereocenters. The normalized spacial score (nSPS) is 16.3. The summed E-state index contributed by atoms with van der Waals surface area (Å²) in [6.07, 6.45) is 0.601. The molecule has 1 aliphatic rings. The summed E-state index contributed by atoms with van der Waals surface area (Å²) in [5.74, 6) is 0.214. The molecule has 6 nitrogen and oxygen atoms in total. The lowest BCUT2D eigenvalue weighted by Gasteiger charge is -2.26. The van der Waals surface area contributed by atoms with Gasteiger partial charge in [-0.1, -0.05) is 44.2 Å². The van der Waals surface area contributed by atoms with Crippen LogP contribution in [-0.4, -0.2) is 31.1 Å². The minimum Gasteiger partial charge on any atom is -0.486 e. The highest BCUT2D eigenvalue weighted by Gasteiger charge is 2.23. The van der Waals surface area contributed by atoms with Crippen molar-refractivity contribution in [2.75, 3.05) is 18.5 Å². The van der Waals surface area contributed by atoms with Gasteiger partial charge in [-0.05, 0) is 36.1 Å². The quantitative estimate of drug-likeness (QED) is 0.795. The Kier molecular flexibility index (Phi) is 5.96. The molecule has 0 aromatic heterocycles. The Labute approximate surface area is 158 Å². The lowest BCUT2D eigenvalue weighted by atomic mass is 9.97. The lowest BCUT2D eigenvalue weighted by Crippen LogP contribution is -2.44. The second-order valence-corrected chi connectivity index (χ2v) is 6.56. The van der Waals surface area contributed by atoms with Crippen LogP contribution in [0.15, 0.2) is 48.5 Å². The summed E-state index contributed by atoms with van der Waals surface area (Å²) >= 11 is 0. The number of ether oxygens (including phenoxy) is 2.